The van der Waals surface area contributed by atoms with E-state index in [-0.39, 0.29) is 23.5 Å². The highest BCUT2D eigenvalue weighted by Gasteiger charge is 2.29. The van der Waals surface area contributed by atoms with Gasteiger partial charge in [0, 0.05) is 13.1 Å². The van der Waals surface area contributed by atoms with Gasteiger partial charge in [0.2, 0.25) is 5.91 Å². The molecule has 16 heavy (non-hydrogen) atoms. The molecule has 1 heterocycles. The first-order valence-corrected chi connectivity index (χ1v) is 6.05. The minimum Gasteiger partial charge on any atom is -0.364 e. The number of carbonyl (C=O) groups is 1. The van der Waals surface area contributed by atoms with Crippen LogP contribution in [0.3, 0.4) is 0 Å². The third-order valence-corrected chi connectivity index (χ3v) is 2.84. The lowest BCUT2D eigenvalue weighted by atomic mass is 9.92. The number of carbonyl (C=O) groups excluding carboxylic acids is 1. The van der Waals surface area contributed by atoms with Gasteiger partial charge in [0.15, 0.2) is 0 Å². The fourth-order valence-electron chi connectivity index (χ4n) is 1.75. The Balaban J connectivity index is 2.21. The molecule has 0 spiro atoms. The molecule has 0 aromatic heterocycles. The molecular formula is C12H24N2O2. The number of nitrogens with two attached hydrogens (primary N) is 1. The highest BCUT2D eigenvalue weighted by atomic mass is 16.5. The highest BCUT2D eigenvalue weighted by molar-refractivity contribution is 5.80. The molecular weight excluding hydrogens is 204 g/mol. The molecule has 0 aliphatic carbocycles. The van der Waals surface area contributed by atoms with E-state index in [0.717, 1.165) is 25.8 Å². The summed E-state index contributed by atoms with van der Waals surface area (Å²) < 4.78 is 5.52. The van der Waals surface area contributed by atoms with Crippen molar-refractivity contribution in [3.05, 3.63) is 0 Å². The summed E-state index contributed by atoms with van der Waals surface area (Å²) in [5, 5.41) is 2.92. The topological polar surface area (TPSA) is 64.4 Å². The predicted octanol–water partition coefficient (Wildman–Crippen LogP) is 1.05. The lowest BCUT2D eigenvalue weighted by molar-refractivity contribution is -0.131. The van der Waals surface area contributed by atoms with E-state index in [1.807, 2.05) is 0 Å². The molecule has 2 atom stereocenters. The van der Waals surface area contributed by atoms with Gasteiger partial charge in [-0.2, -0.15) is 0 Å². The zero-order valence-corrected chi connectivity index (χ0v) is 10.6. The summed E-state index contributed by atoms with van der Waals surface area (Å²) in [7, 11) is 0. The van der Waals surface area contributed by atoms with Crippen molar-refractivity contribution in [1.29, 1.82) is 0 Å². The van der Waals surface area contributed by atoms with Crippen molar-refractivity contribution >= 4 is 5.91 Å². The van der Waals surface area contributed by atoms with Gasteiger partial charge in [-0.15, -0.1) is 0 Å². The third kappa shape index (κ3) is 4.49. The van der Waals surface area contributed by atoms with E-state index in [4.69, 9.17) is 10.5 Å². The number of hydrogen-bond donors (Lipinski definition) is 2. The quantitative estimate of drug-likeness (QED) is 0.756. The van der Waals surface area contributed by atoms with Crippen molar-refractivity contribution < 1.29 is 9.53 Å². The fraction of sp³-hybridized carbons (Fsp3) is 0.917. The Morgan fingerprint density at radius 3 is 2.62 bits per heavy atom. The van der Waals surface area contributed by atoms with E-state index >= 15 is 0 Å². The van der Waals surface area contributed by atoms with E-state index in [0.29, 0.717) is 6.54 Å². The Kier molecular flexibility index (Phi) is 4.74. The highest BCUT2D eigenvalue weighted by Crippen LogP contribution is 2.20. The second-order valence-corrected chi connectivity index (χ2v) is 5.66. The van der Waals surface area contributed by atoms with Crippen molar-refractivity contribution in [2.75, 3.05) is 13.1 Å². The van der Waals surface area contributed by atoms with Gasteiger partial charge in [-0.3, -0.25) is 4.79 Å². The van der Waals surface area contributed by atoms with Crippen LogP contribution in [0, 0.1) is 5.41 Å². The van der Waals surface area contributed by atoms with Gasteiger partial charge in [-0.25, -0.2) is 0 Å². The van der Waals surface area contributed by atoms with E-state index in [1.165, 1.54) is 0 Å². The summed E-state index contributed by atoms with van der Waals surface area (Å²) >= 11 is 0. The van der Waals surface area contributed by atoms with E-state index in [2.05, 4.69) is 26.1 Å². The van der Waals surface area contributed by atoms with Crippen LogP contribution in [0.5, 0.6) is 0 Å². The smallest absolute Gasteiger partial charge is 0.249 e. The van der Waals surface area contributed by atoms with Crippen molar-refractivity contribution in [3.63, 3.8) is 0 Å². The molecule has 1 aliphatic rings. The van der Waals surface area contributed by atoms with Gasteiger partial charge in [0.05, 0.1) is 6.10 Å². The lowest BCUT2D eigenvalue weighted by Crippen LogP contribution is -2.36. The molecule has 0 bridgehead atoms. The Morgan fingerprint density at radius 2 is 2.12 bits per heavy atom. The molecule has 2 unspecified atom stereocenters. The van der Waals surface area contributed by atoms with Crippen LogP contribution in [-0.2, 0) is 9.53 Å². The summed E-state index contributed by atoms with van der Waals surface area (Å²) in [4.78, 5) is 11.7. The van der Waals surface area contributed by atoms with E-state index < -0.39 is 0 Å². The molecule has 1 rings (SSSR count). The van der Waals surface area contributed by atoms with Crippen LogP contribution in [0.2, 0.25) is 0 Å². The Hall–Kier alpha value is -0.610. The SMILES string of the molecule is CC(C)(C)CCNC(=O)C1CCC(CN)O1. The van der Waals surface area contributed by atoms with Crippen molar-refractivity contribution in [2.45, 2.75) is 52.2 Å². The first-order chi connectivity index (χ1) is 7.42. The average molecular weight is 228 g/mol. The van der Waals surface area contributed by atoms with Crippen LogP contribution >= 0.6 is 0 Å². The summed E-state index contributed by atoms with van der Waals surface area (Å²) in [5.74, 6) is 0.0141. The maximum absolute atomic E-state index is 11.7. The molecule has 4 nitrogen and oxygen atoms in total. The van der Waals surface area contributed by atoms with Crippen LogP contribution in [0.15, 0.2) is 0 Å². The van der Waals surface area contributed by atoms with Gasteiger partial charge in [0.1, 0.15) is 6.10 Å². The zero-order chi connectivity index (χ0) is 12.2. The maximum atomic E-state index is 11.7. The van der Waals surface area contributed by atoms with Crippen molar-refractivity contribution in [3.8, 4) is 0 Å². The van der Waals surface area contributed by atoms with Crippen LogP contribution in [0.4, 0.5) is 0 Å². The molecule has 0 radical (unpaired) electrons. The van der Waals surface area contributed by atoms with E-state index in [9.17, 15) is 4.79 Å². The lowest BCUT2D eigenvalue weighted by Gasteiger charge is -2.19. The van der Waals surface area contributed by atoms with Crippen LogP contribution in [0.25, 0.3) is 0 Å². The monoisotopic (exact) mass is 228 g/mol. The molecule has 1 aliphatic heterocycles. The fourth-order valence-corrected chi connectivity index (χ4v) is 1.75. The molecule has 0 aromatic carbocycles. The minimum atomic E-state index is -0.284. The zero-order valence-electron chi connectivity index (χ0n) is 10.6. The van der Waals surface area contributed by atoms with Crippen LogP contribution in [-0.4, -0.2) is 31.2 Å². The Morgan fingerprint density at radius 1 is 1.44 bits per heavy atom. The van der Waals surface area contributed by atoms with Gasteiger partial charge in [-0.1, -0.05) is 20.8 Å². The molecule has 0 aromatic rings. The molecule has 1 fully saturated rings. The largest absolute Gasteiger partial charge is 0.364 e. The first-order valence-electron chi connectivity index (χ1n) is 6.05. The molecule has 0 saturated carbocycles. The number of hydrogen-bond acceptors (Lipinski definition) is 3. The first kappa shape index (κ1) is 13.5. The number of rotatable bonds is 4. The average Bonchev–Trinajstić information content (AvgIpc) is 2.63. The van der Waals surface area contributed by atoms with Crippen molar-refractivity contribution in [1.82, 2.24) is 5.32 Å². The molecule has 1 saturated heterocycles. The summed E-state index contributed by atoms with van der Waals surface area (Å²) in [6.45, 7) is 7.71. The predicted molar refractivity (Wildman–Crippen MR) is 64.0 cm³/mol. The number of amides is 1. The van der Waals surface area contributed by atoms with Gasteiger partial charge in [-0.05, 0) is 24.7 Å². The van der Waals surface area contributed by atoms with Crippen LogP contribution < -0.4 is 11.1 Å². The molecule has 4 heteroatoms. The summed E-state index contributed by atoms with van der Waals surface area (Å²) in [6.07, 6.45) is 2.45. The summed E-state index contributed by atoms with van der Waals surface area (Å²) in [5.41, 5.74) is 5.75. The standard InChI is InChI=1S/C12H24N2O2/c1-12(2,3)6-7-14-11(15)10-5-4-9(8-13)16-10/h9-10H,4-8,13H2,1-3H3,(H,14,15). The molecule has 94 valence electrons. The third-order valence-electron chi connectivity index (χ3n) is 2.84. The molecule has 3 N–H and O–H groups in total. The second-order valence-electron chi connectivity index (χ2n) is 5.66. The van der Waals surface area contributed by atoms with Crippen LogP contribution in [0.1, 0.15) is 40.0 Å². The molecule has 1 amide bonds. The Bertz CT molecular complexity index is 236. The number of nitrogens with one attached hydrogen (secondary N) is 1. The van der Waals surface area contributed by atoms with E-state index in [1.54, 1.807) is 0 Å². The normalized spacial score (nSPS) is 25.8. The van der Waals surface area contributed by atoms with Crippen molar-refractivity contribution in [2.24, 2.45) is 11.1 Å². The van der Waals surface area contributed by atoms with Gasteiger partial charge >= 0.3 is 0 Å². The second kappa shape index (κ2) is 5.64. The van der Waals surface area contributed by atoms with Gasteiger partial charge in [0.25, 0.3) is 0 Å². The summed E-state index contributed by atoms with van der Waals surface area (Å²) in [6, 6.07) is 0. The number of ether oxygens (including phenoxy) is 1. The van der Waals surface area contributed by atoms with Gasteiger partial charge < -0.3 is 15.8 Å². The Labute approximate surface area is 97.9 Å². The maximum Gasteiger partial charge on any atom is 0.249 e. The minimum absolute atomic E-state index is 0.0141.